The van der Waals surface area contributed by atoms with Gasteiger partial charge in [0.25, 0.3) is 0 Å². The summed E-state index contributed by atoms with van der Waals surface area (Å²) in [6.45, 7) is 0. The van der Waals surface area contributed by atoms with Crippen molar-refractivity contribution >= 4 is 0 Å². The minimum atomic E-state index is 0.215. The zero-order valence-electron chi connectivity index (χ0n) is 6.34. The minimum Gasteiger partial charge on any atom is -0.512 e. The second-order valence-corrected chi connectivity index (χ2v) is 2.23. The maximum atomic E-state index is 9.05. The summed E-state index contributed by atoms with van der Waals surface area (Å²) in [6, 6.07) is 0. The fourth-order valence-electron chi connectivity index (χ4n) is 0.794. The Morgan fingerprint density at radius 2 is 2.25 bits per heavy atom. The highest BCUT2D eigenvalue weighted by Crippen LogP contribution is 2.10. The lowest BCUT2D eigenvalue weighted by atomic mass is 10.3. The van der Waals surface area contributed by atoms with Gasteiger partial charge in [0.15, 0.2) is 0 Å². The van der Waals surface area contributed by atoms with Gasteiger partial charge in [-0.1, -0.05) is 6.08 Å². The van der Waals surface area contributed by atoms with E-state index in [1.54, 1.807) is 12.2 Å². The summed E-state index contributed by atoms with van der Waals surface area (Å²) in [5, 5.41) is 18.4. The molecule has 0 heterocycles. The number of nitrogens with zero attached hydrogens (tertiary/aromatic N) is 1. The second kappa shape index (κ2) is 3.91. The molecule has 0 spiro atoms. The van der Waals surface area contributed by atoms with Gasteiger partial charge in [0.2, 0.25) is 0 Å². The smallest absolute Gasteiger partial charge is 0.0961 e. The Kier molecular flexibility index (Phi) is 2.87. The molecular weight excluding hydrogens is 160 g/mol. The molecule has 0 aliphatic heterocycles. The van der Waals surface area contributed by atoms with Crippen LogP contribution in [0.3, 0.4) is 0 Å². The molecule has 12 heavy (non-hydrogen) atoms. The molecule has 0 amide bonds. The minimum absolute atomic E-state index is 0.215. The number of hydrogen-bond acceptors (Lipinski definition) is 5. The number of aliphatic hydroxyl groups excluding tert-OH is 1. The fourth-order valence-corrected chi connectivity index (χ4v) is 0.794. The monoisotopic (exact) mass is 170 g/mol. The Labute approximate surface area is 69.5 Å². The predicted molar refractivity (Wildman–Crippen MR) is 41.4 cm³/mol. The van der Waals surface area contributed by atoms with Crippen LogP contribution >= 0.6 is 0 Å². The van der Waals surface area contributed by atoms with Crippen LogP contribution < -0.4 is 5.90 Å². The molecular formula is C7H10N2O3. The number of aliphatic hydroxyl groups is 1. The topological polar surface area (TPSA) is 79.0 Å². The lowest BCUT2D eigenvalue weighted by molar-refractivity contribution is -0.316. The van der Waals surface area contributed by atoms with E-state index in [0.29, 0.717) is 17.3 Å². The summed E-state index contributed by atoms with van der Waals surface area (Å²) in [7, 11) is 0. The van der Waals surface area contributed by atoms with E-state index in [9.17, 15) is 0 Å². The SMILES string of the molecule is NON(O)C1=CC=C(O)CC=C1. The number of nitrogens with two attached hydrogens (primary N) is 1. The highest BCUT2D eigenvalue weighted by atomic mass is 16.9. The maximum Gasteiger partial charge on any atom is 0.0961 e. The van der Waals surface area contributed by atoms with Crippen molar-refractivity contribution in [1.82, 2.24) is 5.23 Å². The van der Waals surface area contributed by atoms with E-state index in [4.69, 9.17) is 16.2 Å². The zero-order valence-corrected chi connectivity index (χ0v) is 6.34. The Morgan fingerprint density at radius 1 is 1.50 bits per heavy atom. The van der Waals surface area contributed by atoms with Crippen LogP contribution in [0.15, 0.2) is 35.8 Å². The molecule has 0 bridgehead atoms. The zero-order chi connectivity index (χ0) is 8.97. The van der Waals surface area contributed by atoms with E-state index in [0.717, 1.165) is 0 Å². The van der Waals surface area contributed by atoms with Gasteiger partial charge in [-0.3, -0.25) is 5.21 Å². The predicted octanol–water partition coefficient (Wildman–Crippen LogP) is 0.769. The molecule has 5 nitrogen and oxygen atoms in total. The molecule has 0 saturated carbocycles. The number of rotatable bonds is 2. The molecule has 0 aromatic rings. The Hall–Kier alpha value is -1.30. The van der Waals surface area contributed by atoms with Crippen LogP contribution in [-0.2, 0) is 4.94 Å². The van der Waals surface area contributed by atoms with Crippen LogP contribution in [0.25, 0.3) is 0 Å². The molecule has 1 rings (SSSR count). The number of allylic oxidation sites excluding steroid dienone is 4. The normalized spacial score (nSPS) is 16.5. The molecule has 1 aliphatic rings. The van der Waals surface area contributed by atoms with Crippen LogP contribution in [0.4, 0.5) is 0 Å². The second-order valence-electron chi connectivity index (χ2n) is 2.23. The average Bonchev–Trinajstić information content (AvgIpc) is 2.29. The lowest BCUT2D eigenvalue weighted by Crippen LogP contribution is -2.21. The van der Waals surface area contributed by atoms with Crippen LogP contribution in [0.2, 0.25) is 0 Å². The highest BCUT2D eigenvalue weighted by Gasteiger charge is 2.03. The van der Waals surface area contributed by atoms with Crippen molar-refractivity contribution in [3.05, 3.63) is 35.8 Å². The Morgan fingerprint density at radius 3 is 2.92 bits per heavy atom. The Bertz CT molecular complexity index is 245. The van der Waals surface area contributed by atoms with Crippen LogP contribution in [0, 0.1) is 0 Å². The third-order valence-corrected chi connectivity index (χ3v) is 1.38. The van der Waals surface area contributed by atoms with Crippen molar-refractivity contribution in [3.8, 4) is 0 Å². The lowest BCUT2D eigenvalue weighted by Gasteiger charge is -2.11. The molecule has 0 unspecified atom stereocenters. The fraction of sp³-hybridized carbons (Fsp3) is 0.143. The third kappa shape index (κ3) is 2.09. The van der Waals surface area contributed by atoms with Gasteiger partial charge in [-0.05, 0) is 18.2 Å². The molecule has 0 atom stereocenters. The molecule has 0 saturated heterocycles. The molecule has 0 aromatic heterocycles. The van der Waals surface area contributed by atoms with Gasteiger partial charge in [-0.25, -0.2) is 0 Å². The van der Waals surface area contributed by atoms with Crippen molar-refractivity contribution < 1.29 is 15.3 Å². The van der Waals surface area contributed by atoms with Gasteiger partial charge >= 0.3 is 0 Å². The van der Waals surface area contributed by atoms with Crippen molar-refractivity contribution in [3.63, 3.8) is 0 Å². The van der Waals surface area contributed by atoms with E-state index in [-0.39, 0.29) is 5.76 Å². The van der Waals surface area contributed by atoms with Crippen LogP contribution in [0.1, 0.15) is 6.42 Å². The first-order valence-corrected chi connectivity index (χ1v) is 3.36. The van der Waals surface area contributed by atoms with Crippen LogP contribution in [0.5, 0.6) is 0 Å². The van der Waals surface area contributed by atoms with Crippen LogP contribution in [-0.4, -0.2) is 15.5 Å². The summed E-state index contributed by atoms with van der Waals surface area (Å²) in [4.78, 5) is 4.04. The van der Waals surface area contributed by atoms with Gasteiger partial charge in [0, 0.05) is 6.42 Å². The van der Waals surface area contributed by atoms with Crippen molar-refractivity contribution in [2.24, 2.45) is 5.90 Å². The quantitative estimate of drug-likeness (QED) is 0.533. The highest BCUT2D eigenvalue weighted by molar-refractivity contribution is 5.26. The van der Waals surface area contributed by atoms with Crippen molar-refractivity contribution in [2.45, 2.75) is 6.42 Å². The maximum absolute atomic E-state index is 9.05. The van der Waals surface area contributed by atoms with Crippen molar-refractivity contribution in [1.29, 1.82) is 0 Å². The molecule has 1 aliphatic carbocycles. The molecule has 66 valence electrons. The first-order valence-electron chi connectivity index (χ1n) is 3.36. The summed E-state index contributed by atoms with van der Waals surface area (Å²) in [5.74, 6) is 4.92. The summed E-state index contributed by atoms with van der Waals surface area (Å²) in [5.41, 5.74) is 0.349. The van der Waals surface area contributed by atoms with Gasteiger partial charge < -0.3 is 5.11 Å². The Balaban J connectivity index is 2.77. The van der Waals surface area contributed by atoms with E-state index in [1.807, 2.05) is 0 Å². The first kappa shape index (κ1) is 8.79. The van der Waals surface area contributed by atoms with Crippen molar-refractivity contribution in [2.75, 3.05) is 0 Å². The number of hydroxylamine groups is 2. The standard InChI is InChI=1S/C7H10N2O3/c8-12-9(11)6-2-1-3-7(10)5-4-6/h1-2,4-5,10-11H,3,8H2. The molecule has 0 aromatic carbocycles. The van der Waals surface area contributed by atoms with E-state index in [2.05, 4.69) is 4.94 Å². The van der Waals surface area contributed by atoms with Gasteiger partial charge in [0.1, 0.15) is 0 Å². The van der Waals surface area contributed by atoms with Gasteiger partial charge in [0.05, 0.1) is 11.5 Å². The molecule has 0 radical (unpaired) electrons. The molecule has 5 heteroatoms. The van der Waals surface area contributed by atoms with Gasteiger partial charge in [-0.15, -0.1) is 5.23 Å². The largest absolute Gasteiger partial charge is 0.512 e. The van der Waals surface area contributed by atoms with E-state index < -0.39 is 0 Å². The summed E-state index contributed by atoms with van der Waals surface area (Å²) < 4.78 is 0. The summed E-state index contributed by atoms with van der Waals surface area (Å²) >= 11 is 0. The van der Waals surface area contributed by atoms with E-state index >= 15 is 0 Å². The number of hydrogen-bond donors (Lipinski definition) is 3. The van der Waals surface area contributed by atoms with Gasteiger partial charge in [-0.2, -0.15) is 10.8 Å². The first-order chi connectivity index (χ1) is 5.74. The summed E-state index contributed by atoms with van der Waals surface area (Å²) in [6.07, 6.45) is 6.61. The molecule has 0 fully saturated rings. The third-order valence-electron chi connectivity index (χ3n) is 1.38. The molecule has 4 N–H and O–H groups in total. The van der Waals surface area contributed by atoms with E-state index in [1.165, 1.54) is 12.2 Å². The average molecular weight is 170 g/mol.